The van der Waals surface area contributed by atoms with Gasteiger partial charge in [-0.05, 0) is 77.3 Å². The van der Waals surface area contributed by atoms with Crippen LogP contribution in [0.3, 0.4) is 0 Å². The lowest BCUT2D eigenvalue weighted by Gasteiger charge is -2.35. The Morgan fingerprint density at radius 3 is 2.55 bits per heavy atom. The van der Waals surface area contributed by atoms with Gasteiger partial charge >= 0.3 is 0 Å². The number of nitrogens with one attached hydrogen (secondary N) is 2. The number of aromatic nitrogens is 1. The summed E-state index contributed by atoms with van der Waals surface area (Å²) < 4.78 is 0. The number of nitrogens with zero attached hydrogens (tertiary/aromatic N) is 4. The zero-order valence-corrected chi connectivity index (χ0v) is 23.3. The van der Waals surface area contributed by atoms with E-state index in [1.807, 2.05) is 11.9 Å². The number of pyridine rings is 1. The summed E-state index contributed by atoms with van der Waals surface area (Å²) in [7, 11) is 3.96. The van der Waals surface area contributed by atoms with E-state index in [0.717, 1.165) is 84.0 Å². The van der Waals surface area contributed by atoms with E-state index in [1.54, 1.807) is 18.3 Å². The molecule has 1 aliphatic rings. The van der Waals surface area contributed by atoms with E-state index in [0.29, 0.717) is 30.1 Å². The van der Waals surface area contributed by atoms with Crippen molar-refractivity contribution >= 4 is 23.9 Å². The summed E-state index contributed by atoms with van der Waals surface area (Å²) in [6, 6.07) is 3.75. The molecule has 1 aliphatic heterocycles. The molecule has 1 unspecified atom stereocenters. The fourth-order valence-corrected chi connectivity index (χ4v) is 4.61. The Morgan fingerprint density at radius 1 is 1.18 bits per heavy atom. The highest BCUT2D eigenvalue weighted by atomic mass is 16.2. The number of amidine groups is 1. The van der Waals surface area contributed by atoms with Crippen molar-refractivity contribution < 1.29 is 9.59 Å². The molecule has 0 spiro atoms. The number of carbonyl (C=O) groups excluding carboxylic acids is 2. The second-order valence-electron chi connectivity index (χ2n) is 10.2. The van der Waals surface area contributed by atoms with Crippen LogP contribution in [-0.2, 0) is 4.79 Å². The van der Waals surface area contributed by atoms with Crippen LogP contribution in [0.15, 0.2) is 23.3 Å². The molecule has 10 heteroatoms. The van der Waals surface area contributed by atoms with E-state index in [9.17, 15) is 9.59 Å². The monoisotopic (exact) mass is 528 g/mol. The second kappa shape index (κ2) is 17.6. The molecule has 6 N–H and O–H groups in total. The summed E-state index contributed by atoms with van der Waals surface area (Å²) in [6.45, 7) is 3.98. The van der Waals surface area contributed by atoms with E-state index in [-0.39, 0.29) is 17.9 Å². The first-order valence-electron chi connectivity index (χ1n) is 14.1. The standard InChI is InChI=1S/C28H48N8O2/c1-35-18-13-23(14-19-35)36(2)28(38)22-11-12-25(34-21-22)24(20-30)27(31)33-17-9-5-6-10-26(37)32-16-8-4-3-7-15-29/h11-12,20-21,23-24,30H,3-10,13-19,29H2,1-2H3,(H2,31,33)(H,32,37). The fraction of sp³-hybridized carbons (Fsp3) is 0.679. The first-order valence-corrected chi connectivity index (χ1v) is 14.1. The number of carbonyl (C=O) groups is 2. The molecular weight excluding hydrogens is 480 g/mol. The van der Waals surface area contributed by atoms with Crippen LogP contribution in [-0.4, -0.2) is 91.5 Å². The molecule has 10 nitrogen and oxygen atoms in total. The molecule has 2 rings (SSSR count). The first-order chi connectivity index (χ1) is 18.4. The third-order valence-electron chi connectivity index (χ3n) is 7.20. The number of aliphatic imine (C=N–C) groups is 1. The van der Waals surface area contributed by atoms with Crippen LogP contribution in [0.2, 0.25) is 0 Å². The van der Waals surface area contributed by atoms with Crippen molar-refractivity contribution in [3.63, 3.8) is 0 Å². The predicted octanol–water partition coefficient (Wildman–Crippen LogP) is 2.53. The summed E-state index contributed by atoms with van der Waals surface area (Å²) in [5.74, 6) is -0.132. The predicted molar refractivity (Wildman–Crippen MR) is 154 cm³/mol. The van der Waals surface area contributed by atoms with Gasteiger partial charge in [-0.3, -0.25) is 19.6 Å². The topological polar surface area (TPSA) is 154 Å². The minimum absolute atomic E-state index is 0.0390. The van der Waals surface area contributed by atoms with Gasteiger partial charge in [0.1, 0.15) is 5.84 Å². The van der Waals surface area contributed by atoms with Crippen molar-refractivity contribution in [2.75, 3.05) is 46.8 Å². The van der Waals surface area contributed by atoms with Crippen molar-refractivity contribution in [2.24, 2.45) is 16.5 Å². The summed E-state index contributed by atoms with van der Waals surface area (Å²) in [4.78, 5) is 37.8. The van der Waals surface area contributed by atoms with Gasteiger partial charge in [-0.25, -0.2) is 0 Å². The minimum Gasteiger partial charge on any atom is -0.387 e. The average Bonchev–Trinajstić information content (AvgIpc) is 2.93. The Hall–Kier alpha value is -2.85. The van der Waals surface area contributed by atoms with Crippen molar-refractivity contribution in [3.05, 3.63) is 29.6 Å². The zero-order valence-electron chi connectivity index (χ0n) is 23.3. The van der Waals surface area contributed by atoms with Gasteiger partial charge in [-0.15, -0.1) is 0 Å². The molecule has 2 heterocycles. The van der Waals surface area contributed by atoms with E-state index in [4.69, 9.17) is 16.9 Å². The van der Waals surface area contributed by atoms with Gasteiger partial charge in [0, 0.05) is 45.0 Å². The van der Waals surface area contributed by atoms with Crippen LogP contribution in [0.25, 0.3) is 0 Å². The van der Waals surface area contributed by atoms with E-state index in [2.05, 4.69) is 27.2 Å². The molecule has 0 bridgehead atoms. The molecule has 1 saturated heterocycles. The highest BCUT2D eigenvalue weighted by Crippen LogP contribution is 2.18. The normalized spacial score (nSPS) is 15.7. The summed E-state index contributed by atoms with van der Waals surface area (Å²) in [5.41, 5.74) is 12.8. The maximum absolute atomic E-state index is 12.9. The van der Waals surface area contributed by atoms with Crippen molar-refractivity contribution in [3.8, 4) is 0 Å². The Balaban J connectivity index is 1.72. The number of likely N-dealkylation sites (tertiary alicyclic amines) is 1. The number of unbranched alkanes of at least 4 members (excludes halogenated alkanes) is 5. The molecule has 1 atom stereocenters. The number of hydrogen-bond donors (Lipinski definition) is 4. The van der Waals surface area contributed by atoms with Gasteiger partial charge in [-0.2, -0.15) is 0 Å². The van der Waals surface area contributed by atoms with Gasteiger partial charge in [0.25, 0.3) is 5.91 Å². The number of nitrogens with two attached hydrogens (primary N) is 2. The molecule has 38 heavy (non-hydrogen) atoms. The summed E-state index contributed by atoms with van der Waals surface area (Å²) in [5, 5.41) is 10.8. The second-order valence-corrected chi connectivity index (χ2v) is 10.2. The molecule has 1 fully saturated rings. The third kappa shape index (κ3) is 10.9. The van der Waals surface area contributed by atoms with Gasteiger partial charge < -0.3 is 32.0 Å². The Morgan fingerprint density at radius 2 is 1.89 bits per heavy atom. The van der Waals surface area contributed by atoms with Crippen LogP contribution in [0.4, 0.5) is 0 Å². The fourth-order valence-electron chi connectivity index (χ4n) is 4.61. The lowest BCUT2D eigenvalue weighted by Crippen LogP contribution is -2.44. The molecule has 212 valence electrons. The smallest absolute Gasteiger partial charge is 0.255 e. The molecule has 0 radical (unpaired) electrons. The quantitative estimate of drug-likeness (QED) is 0.138. The van der Waals surface area contributed by atoms with Crippen LogP contribution in [0.1, 0.15) is 86.2 Å². The highest BCUT2D eigenvalue weighted by Gasteiger charge is 2.25. The maximum Gasteiger partial charge on any atom is 0.255 e. The largest absolute Gasteiger partial charge is 0.387 e. The van der Waals surface area contributed by atoms with Crippen molar-refractivity contribution in [1.29, 1.82) is 5.41 Å². The first kappa shape index (κ1) is 31.4. The Kier molecular flexibility index (Phi) is 14.5. The zero-order chi connectivity index (χ0) is 27.8. The van der Waals surface area contributed by atoms with Gasteiger partial charge in [0.05, 0.1) is 17.2 Å². The Bertz CT molecular complexity index is 881. The van der Waals surface area contributed by atoms with Crippen molar-refractivity contribution in [2.45, 2.75) is 76.2 Å². The SMILES string of the molecule is CN1CCC(N(C)C(=O)c2ccc(C(C=N)C(N)=NCCCCCC(=O)NCCCCCCN)nc2)CC1. The minimum atomic E-state index is -0.526. The maximum atomic E-state index is 12.9. The number of rotatable bonds is 17. The molecular formula is C28H48N8O2. The van der Waals surface area contributed by atoms with Gasteiger partial charge in [-0.1, -0.05) is 19.3 Å². The van der Waals surface area contributed by atoms with Crippen LogP contribution < -0.4 is 16.8 Å². The van der Waals surface area contributed by atoms with Crippen LogP contribution >= 0.6 is 0 Å². The van der Waals surface area contributed by atoms with Crippen LogP contribution in [0.5, 0.6) is 0 Å². The van der Waals surface area contributed by atoms with Gasteiger partial charge in [0.15, 0.2) is 0 Å². The lowest BCUT2D eigenvalue weighted by molar-refractivity contribution is -0.121. The average molecular weight is 529 g/mol. The molecule has 1 aromatic rings. The molecule has 0 aromatic carbocycles. The molecule has 1 aromatic heterocycles. The number of piperidine rings is 1. The summed E-state index contributed by atoms with van der Waals surface area (Å²) >= 11 is 0. The molecule has 0 saturated carbocycles. The van der Waals surface area contributed by atoms with E-state index < -0.39 is 5.92 Å². The van der Waals surface area contributed by atoms with Crippen molar-refractivity contribution in [1.82, 2.24) is 20.1 Å². The number of hydrogen-bond acceptors (Lipinski definition) is 7. The summed E-state index contributed by atoms with van der Waals surface area (Å²) in [6.07, 6.45) is 12.0. The lowest BCUT2D eigenvalue weighted by atomic mass is 10.0. The van der Waals surface area contributed by atoms with E-state index in [1.165, 1.54) is 6.21 Å². The highest BCUT2D eigenvalue weighted by molar-refractivity contribution is 6.00. The van der Waals surface area contributed by atoms with Gasteiger partial charge in [0.2, 0.25) is 5.91 Å². The molecule has 2 amide bonds. The Labute approximate surface area is 228 Å². The van der Waals surface area contributed by atoms with Crippen LogP contribution in [0, 0.1) is 5.41 Å². The third-order valence-corrected chi connectivity index (χ3v) is 7.20. The molecule has 0 aliphatic carbocycles. The van der Waals surface area contributed by atoms with E-state index >= 15 is 0 Å². The number of amides is 2.